The summed E-state index contributed by atoms with van der Waals surface area (Å²) in [5.41, 5.74) is 0.940. The van der Waals surface area contributed by atoms with Crippen molar-refractivity contribution < 1.29 is 0 Å². The molecule has 0 aliphatic carbocycles. The Labute approximate surface area is 66.2 Å². The van der Waals surface area contributed by atoms with E-state index in [2.05, 4.69) is 15.3 Å². The summed E-state index contributed by atoms with van der Waals surface area (Å²) < 4.78 is 0. The van der Waals surface area contributed by atoms with Crippen LogP contribution in [0.2, 0.25) is 0 Å². The highest BCUT2D eigenvalue weighted by molar-refractivity contribution is 5.43. The molecule has 58 valence electrons. The fourth-order valence-corrected chi connectivity index (χ4v) is 0.697. The van der Waals surface area contributed by atoms with Gasteiger partial charge in [0.2, 0.25) is 0 Å². The van der Waals surface area contributed by atoms with Crippen molar-refractivity contribution in [2.24, 2.45) is 0 Å². The average molecular weight is 149 g/mol. The standard InChI is InChI=1S/C8H11N3/c1-9-5-2-3-8-4-6-10-7-11-8/h2-4,6-7,9H,5H2,1H3. The highest BCUT2D eigenvalue weighted by Gasteiger charge is 1.82. The van der Waals surface area contributed by atoms with Crippen LogP contribution in [0.15, 0.2) is 24.7 Å². The summed E-state index contributed by atoms with van der Waals surface area (Å²) >= 11 is 0. The number of hydrogen-bond donors (Lipinski definition) is 1. The molecule has 0 aromatic carbocycles. The van der Waals surface area contributed by atoms with Gasteiger partial charge >= 0.3 is 0 Å². The Balaban J connectivity index is 2.50. The zero-order chi connectivity index (χ0) is 7.94. The zero-order valence-corrected chi connectivity index (χ0v) is 6.49. The van der Waals surface area contributed by atoms with Gasteiger partial charge in [0.15, 0.2) is 0 Å². The van der Waals surface area contributed by atoms with Crippen LogP contribution in [-0.4, -0.2) is 23.6 Å². The SMILES string of the molecule is CNCC=Cc1ccncn1. The van der Waals surface area contributed by atoms with Crippen molar-refractivity contribution in [3.63, 3.8) is 0 Å². The second-order valence-electron chi connectivity index (χ2n) is 2.09. The minimum absolute atomic E-state index is 0.865. The summed E-state index contributed by atoms with van der Waals surface area (Å²) in [7, 11) is 1.91. The first kappa shape index (κ1) is 7.88. The number of aromatic nitrogens is 2. The molecule has 1 rings (SSSR count). The Morgan fingerprint density at radius 2 is 2.55 bits per heavy atom. The zero-order valence-electron chi connectivity index (χ0n) is 6.49. The third-order valence-electron chi connectivity index (χ3n) is 1.22. The van der Waals surface area contributed by atoms with E-state index in [1.165, 1.54) is 0 Å². The van der Waals surface area contributed by atoms with E-state index in [1.807, 2.05) is 25.3 Å². The van der Waals surface area contributed by atoms with Crippen LogP contribution in [0.25, 0.3) is 6.08 Å². The summed E-state index contributed by atoms with van der Waals surface area (Å²) in [5.74, 6) is 0. The van der Waals surface area contributed by atoms with Gasteiger partial charge in [0, 0.05) is 12.7 Å². The third kappa shape index (κ3) is 2.91. The summed E-state index contributed by atoms with van der Waals surface area (Å²) in [4.78, 5) is 7.84. The first-order valence-corrected chi connectivity index (χ1v) is 3.50. The second-order valence-corrected chi connectivity index (χ2v) is 2.09. The topological polar surface area (TPSA) is 37.8 Å². The number of hydrogen-bond acceptors (Lipinski definition) is 3. The molecule has 0 fully saturated rings. The molecule has 1 N–H and O–H groups in total. The maximum Gasteiger partial charge on any atom is 0.115 e. The molecule has 1 aromatic heterocycles. The number of nitrogens with one attached hydrogen (secondary N) is 1. The van der Waals surface area contributed by atoms with E-state index in [0.717, 1.165) is 12.2 Å². The Morgan fingerprint density at radius 1 is 1.64 bits per heavy atom. The van der Waals surface area contributed by atoms with Gasteiger partial charge in [-0.1, -0.05) is 6.08 Å². The van der Waals surface area contributed by atoms with Crippen LogP contribution in [0.4, 0.5) is 0 Å². The monoisotopic (exact) mass is 149 g/mol. The van der Waals surface area contributed by atoms with Gasteiger partial charge in [0.25, 0.3) is 0 Å². The highest BCUT2D eigenvalue weighted by Crippen LogP contribution is 1.92. The molecule has 0 bridgehead atoms. The van der Waals surface area contributed by atoms with Crippen molar-refractivity contribution in [3.8, 4) is 0 Å². The minimum atomic E-state index is 0.865. The van der Waals surface area contributed by atoms with E-state index >= 15 is 0 Å². The second kappa shape index (κ2) is 4.57. The Kier molecular flexibility index (Phi) is 3.28. The highest BCUT2D eigenvalue weighted by atomic mass is 14.8. The lowest BCUT2D eigenvalue weighted by Gasteiger charge is -1.89. The van der Waals surface area contributed by atoms with Crippen molar-refractivity contribution in [2.75, 3.05) is 13.6 Å². The van der Waals surface area contributed by atoms with E-state index in [0.29, 0.717) is 0 Å². The Hall–Kier alpha value is -1.22. The fraction of sp³-hybridized carbons (Fsp3) is 0.250. The van der Waals surface area contributed by atoms with E-state index in [-0.39, 0.29) is 0 Å². The van der Waals surface area contributed by atoms with Crippen LogP contribution in [0.5, 0.6) is 0 Å². The molecule has 0 aliphatic heterocycles. The minimum Gasteiger partial charge on any atom is -0.316 e. The summed E-state index contributed by atoms with van der Waals surface area (Å²) in [5, 5.41) is 3.01. The van der Waals surface area contributed by atoms with Crippen LogP contribution in [-0.2, 0) is 0 Å². The van der Waals surface area contributed by atoms with E-state index in [1.54, 1.807) is 12.5 Å². The van der Waals surface area contributed by atoms with Gasteiger partial charge in [-0.05, 0) is 19.2 Å². The van der Waals surface area contributed by atoms with Crippen LogP contribution in [0.1, 0.15) is 5.69 Å². The molecule has 0 aliphatic rings. The predicted octanol–water partition coefficient (Wildman–Crippen LogP) is 0.709. The molecule has 0 saturated carbocycles. The fourth-order valence-electron chi connectivity index (χ4n) is 0.697. The van der Waals surface area contributed by atoms with E-state index in [9.17, 15) is 0 Å². The van der Waals surface area contributed by atoms with Gasteiger partial charge in [0.05, 0.1) is 5.69 Å². The molecule has 1 aromatic rings. The van der Waals surface area contributed by atoms with Crippen LogP contribution in [0, 0.1) is 0 Å². The molecule has 0 atom stereocenters. The molecule has 11 heavy (non-hydrogen) atoms. The van der Waals surface area contributed by atoms with Crippen LogP contribution < -0.4 is 5.32 Å². The quantitative estimate of drug-likeness (QED) is 0.687. The van der Waals surface area contributed by atoms with Crippen molar-refractivity contribution in [1.82, 2.24) is 15.3 Å². The third-order valence-corrected chi connectivity index (χ3v) is 1.22. The van der Waals surface area contributed by atoms with Gasteiger partial charge in [-0.3, -0.25) is 0 Å². The summed E-state index contributed by atoms with van der Waals surface area (Å²) in [6.45, 7) is 0.865. The number of likely N-dealkylation sites (N-methyl/N-ethyl adjacent to an activating group) is 1. The van der Waals surface area contributed by atoms with Crippen molar-refractivity contribution in [2.45, 2.75) is 0 Å². The number of rotatable bonds is 3. The van der Waals surface area contributed by atoms with Crippen LogP contribution >= 0.6 is 0 Å². The molecule has 0 amide bonds. The van der Waals surface area contributed by atoms with Crippen molar-refractivity contribution >= 4 is 6.08 Å². The molecule has 0 radical (unpaired) electrons. The van der Waals surface area contributed by atoms with Crippen LogP contribution in [0.3, 0.4) is 0 Å². The van der Waals surface area contributed by atoms with Crippen molar-refractivity contribution in [1.29, 1.82) is 0 Å². The maximum atomic E-state index is 4.02. The lowest BCUT2D eigenvalue weighted by molar-refractivity contribution is 0.922. The van der Waals surface area contributed by atoms with Gasteiger partial charge in [0.1, 0.15) is 6.33 Å². The predicted molar refractivity (Wildman–Crippen MR) is 45.0 cm³/mol. The van der Waals surface area contributed by atoms with E-state index < -0.39 is 0 Å². The largest absolute Gasteiger partial charge is 0.316 e. The Bertz CT molecular complexity index is 218. The lowest BCUT2D eigenvalue weighted by atomic mass is 10.3. The first-order valence-electron chi connectivity index (χ1n) is 3.50. The lowest BCUT2D eigenvalue weighted by Crippen LogP contribution is -2.03. The molecule has 0 spiro atoms. The molecule has 0 saturated heterocycles. The smallest absolute Gasteiger partial charge is 0.115 e. The molecule has 0 unspecified atom stereocenters. The maximum absolute atomic E-state index is 4.02. The first-order chi connectivity index (χ1) is 5.43. The summed E-state index contributed by atoms with van der Waals surface area (Å²) in [6, 6.07) is 1.87. The molecule has 3 nitrogen and oxygen atoms in total. The average Bonchev–Trinajstić information content (AvgIpc) is 2.07. The number of nitrogens with zero attached hydrogens (tertiary/aromatic N) is 2. The molecular formula is C8H11N3. The van der Waals surface area contributed by atoms with Gasteiger partial charge in [-0.2, -0.15) is 0 Å². The van der Waals surface area contributed by atoms with Gasteiger partial charge < -0.3 is 5.32 Å². The Morgan fingerprint density at radius 3 is 3.18 bits per heavy atom. The normalized spacial score (nSPS) is 10.6. The molecule has 1 heterocycles. The van der Waals surface area contributed by atoms with Crippen molar-refractivity contribution in [3.05, 3.63) is 30.4 Å². The molecular weight excluding hydrogens is 138 g/mol. The van der Waals surface area contributed by atoms with Gasteiger partial charge in [-0.15, -0.1) is 0 Å². The summed E-state index contributed by atoms with van der Waals surface area (Å²) in [6.07, 6.45) is 7.24. The van der Waals surface area contributed by atoms with E-state index in [4.69, 9.17) is 0 Å². The molecule has 3 heteroatoms. The van der Waals surface area contributed by atoms with Gasteiger partial charge in [-0.25, -0.2) is 9.97 Å².